The number of phenols is 2. The van der Waals surface area contributed by atoms with E-state index in [2.05, 4.69) is 5.16 Å². The number of carbonyl (C=O) groups excluding carboxylic acids is 1. The summed E-state index contributed by atoms with van der Waals surface area (Å²) < 4.78 is 0. The summed E-state index contributed by atoms with van der Waals surface area (Å²) in [7, 11) is 0. The van der Waals surface area contributed by atoms with Crippen LogP contribution in [0.2, 0.25) is 0 Å². The van der Waals surface area contributed by atoms with Gasteiger partial charge >= 0.3 is 0 Å². The average molecular weight is 279 g/mol. The molecule has 108 valence electrons. The largest absolute Gasteiger partial charge is 0.504 e. The first-order valence-electron chi connectivity index (χ1n) is 6.33. The maximum atomic E-state index is 12.4. The van der Waals surface area contributed by atoms with Crippen LogP contribution in [0, 0.1) is 0 Å². The third kappa shape index (κ3) is 2.93. The number of carbonyl (C=O) groups is 1. The van der Waals surface area contributed by atoms with Crippen LogP contribution in [0.1, 0.15) is 29.6 Å². The molecule has 0 atom stereocenters. The highest BCUT2D eigenvalue weighted by molar-refractivity contribution is 5.98. The van der Waals surface area contributed by atoms with E-state index in [0.717, 1.165) is 12.8 Å². The first-order valence-corrected chi connectivity index (χ1v) is 6.33. The average Bonchev–Trinajstić information content (AvgIpc) is 3.26. The molecule has 1 amide bonds. The molecule has 1 aliphatic rings. The quantitative estimate of drug-likeness (QED) is 0.209. The zero-order valence-electron chi connectivity index (χ0n) is 10.9. The van der Waals surface area contributed by atoms with Crippen molar-refractivity contribution in [3.8, 4) is 11.5 Å². The molecular weight excluding hydrogens is 262 g/mol. The van der Waals surface area contributed by atoms with E-state index >= 15 is 0 Å². The van der Waals surface area contributed by atoms with Gasteiger partial charge in [0.05, 0.1) is 5.56 Å². The van der Waals surface area contributed by atoms with Crippen LogP contribution in [-0.4, -0.2) is 44.6 Å². The standard InChI is InChI=1S/C13H17N3O4/c14-11(15-20)6-7-16(8-4-5-8)13(19)9-2-1-3-10(17)12(9)18/h1-3,8,17-18,20H,4-7H2,(H2,14,15). The predicted molar refractivity (Wildman–Crippen MR) is 71.9 cm³/mol. The Bertz CT molecular complexity index is 540. The lowest BCUT2D eigenvalue weighted by Crippen LogP contribution is -2.36. The summed E-state index contributed by atoms with van der Waals surface area (Å²) in [6.07, 6.45) is 2.03. The molecule has 0 aliphatic heterocycles. The molecule has 7 heteroatoms. The molecule has 1 aromatic carbocycles. The van der Waals surface area contributed by atoms with Crippen molar-refractivity contribution in [2.45, 2.75) is 25.3 Å². The third-order valence-corrected chi connectivity index (χ3v) is 3.23. The molecule has 0 bridgehead atoms. The Morgan fingerprint density at radius 2 is 2.10 bits per heavy atom. The summed E-state index contributed by atoms with van der Waals surface area (Å²) >= 11 is 0. The van der Waals surface area contributed by atoms with Crippen molar-refractivity contribution in [3.63, 3.8) is 0 Å². The molecular formula is C13H17N3O4. The van der Waals surface area contributed by atoms with E-state index in [1.54, 1.807) is 4.90 Å². The van der Waals surface area contributed by atoms with Gasteiger partial charge in [-0.15, -0.1) is 0 Å². The molecule has 0 spiro atoms. The number of aromatic hydroxyl groups is 2. The summed E-state index contributed by atoms with van der Waals surface area (Å²) in [5.41, 5.74) is 5.46. The SMILES string of the molecule is N/C(CCN(C(=O)c1cccc(O)c1O)C1CC1)=N/O. The first-order chi connectivity index (χ1) is 9.54. The Labute approximate surface area is 115 Å². The number of para-hydroxylation sites is 1. The number of phenolic OH excluding ortho intramolecular Hbond substituents is 2. The lowest BCUT2D eigenvalue weighted by molar-refractivity contribution is 0.0743. The second kappa shape index (κ2) is 5.68. The summed E-state index contributed by atoms with van der Waals surface area (Å²) in [6, 6.07) is 4.37. The Morgan fingerprint density at radius 3 is 2.70 bits per heavy atom. The topological polar surface area (TPSA) is 119 Å². The fraction of sp³-hybridized carbons (Fsp3) is 0.385. The predicted octanol–water partition coefficient (Wildman–Crippen LogP) is 0.839. The van der Waals surface area contributed by atoms with Crippen LogP contribution >= 0.6 is 0 Å². The third-order valence-electron chi connectivity index (χ3n) is 3.23. The molecule has 1 aromatic rings. The molecule has 0 unspecified atom stereocenters. The molecule has 0 heterocycles. The van der Waals surface area contributed by atoms with Gasteiger partial charge in [0.25, 0.3) is 5.91 Å². The van der Waals surface area contributed by atoms with Crippen LogP contribution in [0.15, 0.2) is 23.4 Å². The molecule has 1 fully saturated rings. The Hall–Kier alpha value is -2.44. The lowest BCUT2D eigenvalue weighted by atomic mass is 10.1. The number of oxime groups is 1. The minimum atomic E-state index is -0.424. The molecule has 0 saturated heterocycles. The van der Waals surface area contributed by atoms with Gasteiger partial charge in [0.2, 0.25) is 0 Å². The van der Waals surface area contributed by atoms with Gasteiger partial charge in [0.1, 0.15) is 5.84 Å². The van der Waals surface area contributed by atoms with Crippen molar-refractivity contribution >= 4 is 11.7 Å². The minimum absolute atomic E-state index is 0.0450. The fourth-order valence-electron chi connectivity index (χ4n) is 1.98. The number of nitrogens with zero attached hydrogens (tertiary/aromatic N) is 2. The second-order valence-electron chi connectivity index (χ2n) is 4.74. The van der Waals surface area contributed by atoms with Crippen LogP contribution in [-0.2, 0) is 0 Å². The Morgan fingerprint density at radius 1 is 1.40 bits per heavy atom. The van der Waals surface area contributed by atoms with E-state index in [4.69, 9.17) is 10.9 Å². The minimum Gasteiger partial charge on any atom is -0.504 e. The van der Waals surface area contributed by atoms with Gasteiger partial charge in [-0.1, -0.05) is 11.2 Å². The van der Waals surface area contributed by atoms with Crippen LogP contribution in [0.3, 0.4) is 0 Å². The van der Waals surface area contributed by atoms with Crippen molar-refractivity contribution in [2.75, 3.05) is 6.54 Å². The smallest absolute Gasteiger partial charge is 0.258 e. The zero-order chi connectivity index (χ0) is 14.7. The van der Waals surface area contributed by atoms with E-state index in [-0.39, 0.29) is 35.5 Å². The summed E-state index contributed by atoms with van der Waals surface area (Å²) in [6.45, 7) is 0.300. The number of rotatable bonds is 5. The summed E-state index contributed by atoms with van der Waals surface area (Å²) in [4.78, 5) is 14.0. The van der Waals surface area contributed by atoms with E-state index < -0.39 is 5.75 Å². The normalized spacial score (nSPS) is 15.1. The highest BCUT2D eigenvalue weighted by atomic mass is 16.4. The van der Waals surface area contributed by atoms with E-state index in [0.29, 0.717) is 6.54 Å². The van der Waals surface area contributed by atoms with Gasteiger partial charge in [-0.25, -0.2) is 0 Å². The maximum absolute atomic E-state index is 12.4. The highest BCUT2D eigenvalue weighted by Gasteiger charge is 2.34. The molecule has 0 aromatic heterocycles. The molecule has 7 nitrogen and oxygen atoms in total. The number of amides is 1. The van der Waals surface area contributed by atoms with E-state index in [1.165, 1.54) is 18.2 Å². The number of nitrogens with two attached hydrogens (primary N) is 1. The first kappa shape index (κ1) is 14.0. The molecule has 5 N–H and O–H groups in total. The molecule has 1 aliphatic carbocycles. The number of benzene rings is 1. The number of amidine groups is 1. The summed E-state index contributed by atoms with van der Waals surface area (Å²) in [5.74, 6) is -1.08. The Balaban J connectivity index is 2.17. The van der Waals surface area contributed by atoms with Crippen LogP contribution in [0.4, 0.5) is 0 Å². The van der Waals surface area contributed by atoms with Crippen molar-refractivity contribution in [1.29, 1.82) is 0 Å². The number of hydrogen-bond acceptors (Lipinski definition) is 5. The van der Waals surface area contributed by atoms with Gasteiger partial charge in [-0.2, -0.15) is 0 Å². The number of hydrogen-bond donors (Lipinski definition) is 4. The summed E-state index contributed by atoms with van der Waals surface area (Å²) in [5, 5.41) is 30.6. The second-order valence-corrected chi connectivity index (χ2v) is 4.74. The maximum Gasteiger partial charge on any atom is 0.258 e. The van der Waals surface area contributed by atoms with Gasteiger partial charge in [0.15, 0.2) is 11.5 Å². The van der Waals surface area contributed by atoms with Crippen molar-refractivity contribution < 1.29 is 20.2 Å². The van der Waals surface area contributed by atoms with Gasteiger partial charge < -0.3 is 26.1 Å². The van der Waals surface area contributed by atoms with Crippen molar-refractivity contribution in [1.82, 2.24) is 4.90 Å². The Kier molecular flexibility index (Phi) is 3.97. The van der Waals surface area contributed by atoms with Crippen molar-refractivity contribution in [3.05, 3.63) is 23.8 Å². The molecule has 2 rings (SSSR count). The van der Waals surface area contributed by atoms with Crippen LogP contribution in [0.5, 0.6) is 11.5 Å². The fourth-order valence-corrected chi connectivity index (χ4v) is 1.98. The zero-order valence-corrected chi connectivity index (χ0v) is 10.9. The lowest BCUT2D eigenvalue weighted by Gasteiger charge is -2.22. The molecule has 1 saturated carbocycles. The van der Waals surface area contributed by atoms with Crippen LogP contribution < -0.4 is 5.73 Å². The molecule has 0 radical (unpaired) electrons. The molecule has 20 heavy (non-hydrogen) atoms. The van der Waals surface area contributed by atoms with Gasteiger partial charge in [-0.05, 0) is 25.0 Å². The van der Waals surface area contributed by atoms with E-state index in [1.807, 2.05) is 0 Å². The van der Waals surface area contributed by atoms with Crippen molar-refractivity contribution in [2.24, 2.45) is 10.9 Å². The van der Waals surface area contributed by atoms with Crippen LogP contribution in [0.25, 0.3) is 0 Å². The van der Waals surface area contributed by atoms with Gasteiger partial charge in [-0.3, -0.25) is 4.79 Å². The highest BCUT2D eigenvalue weighted by Crippen LogP contribution is 2.33. The monoisotopic (exact) mass is 279 g/mol. The van der Waals surface area contributed by atoms with Gasteiger partial charge in [0, 0.05) is 19.0 Å². The van der Waals surface area contributed by atoms with E-state index in [9.17, 15) is 15.0 Å².